The zero-order chi connectivity index (χ0) is 12.5. The molecule has 1 N–H and O–H groups in total. The molecule has 0 aliphatic carbocycles. The van der Waals surface area contributed by atoms with Crippen molar-refractivity contribution in [1.82, 2.24) is 19.9 Å². The number of fused-ring (bicyclic) bond motifs is 1. The second kappa shape index (κ2) is 4.19. The third-order valence-electron chi connectivity index (χ3n) is 2.45. The molecular weight excluding hydrogens is 252 g/mol. The molecule has 0 saturated carbocycles. The van der Waals surface area contributed by atoms with E-state index in [-0.39, 0.29) is 5.52 Å². The molecule has 0 unspecified atom stereocenters. The predicted octanol–water partition coefficient (Wildman–Crippen LogP) is 2.03. The number of hydrogen-bond donors (Lipinski definition) is 1. The van der Waals surface area contributed by atoms with E-state index in [0.29, 0.717) is 16.5 Å². The van der Waals surface area contributed by atoms with Gasteiger partial charge in [-0.25, -0.2) is 9.97 Å². The van der Waals surface area contributed by atoms with Gasteiger partial charge in [0.25, 0.3) is 0 Å². The molecule has 0 atom stereocenters. The highest BCUT2D eigenvalue weighted by Crippen LogP contribution is 2.19. The lowest BCUT2D eigenvalue weighted by molar-refractivity contribution is 1.12. The van der Waals surface area contributed by atoms with Gasteiger partial charge in [0.15, 0.2) is 11.2 Å². The van der Waals surface area contributed by atoms with Crippen LogP contribution in [0.5, 0.6) is 0 Å². The number of aromatic nitrogens is 4. The van der Waals surface area contributed by atoms with Crippen LogP contribution >= 0.6 is 11.6 Å². The first kappa shape index (κ1) is 10.9. The van der Waals surface area contributed by atoms with Crippen LogP contribution in [0.15, 0.2) is 41.5 Å². The Morgan fingerprint density at radius 2 is 2.00 bits per heavy atom. The number of rotatable bonds is 1. The topological polar surface area (TPSA) is 71.5 Å². The maximum absolute atomic E-state index is 11.8. The van der Waals surface area contributed by atoms with Gasteiger partial charge in [-0.1, -0.05) is 23.7 Å². The Kier molecular flexibility index (Phi) is 2.53. The average Bonchev–Trinajstić information content (AvgIpc) is 2.39. The van der Waals surface area contributed by atoms with Gasteiger partial charge in [-0.3, -0.25) is 4.79 Å². The first-order valence-corrected chi connectivity index (χ1v) is 5.59. The number of benzene rings is 1. The van der Waals surface area contributed by atoms with Crippen LogP contribution in [0.4, 0.5) is 0 Å². The molecule has 0 radical (unpaired) electrons. The fourth-order valence-corrected chi connectivity index (χ4v) is 1.84. The van der Waals surface area contributed by atoms with Crippen molar-refractivity contribution in [2.45, 2.75) is 0 Å². The number of halogens is 1. The molecule has 88 valence electrons. The third kappa shape index (κ3) is 1.84. The number of aromatic amines is 1. The molecule has 2 heterocycles. The molecule has 0 spiro atoms. The maximum atomic E-state index is 11.8. The largest absolute Gasteiger partial charge is 0.322 e. The van der Waals surface area contributed by atoms with E-state index >= 15 is 0 Å². The summed E-state index contributed by atoms with van der Waals surface area (Å²) in [4.78, 5) is 26.7. The van der Waals surface area contributed by atoms with Crippen LogP contribution in [-0.2, 0) is 0 Å². The molecule has 18 heavy (non-hydrogen) atoms. The summed E-state index contributed by atoms with van der Waals surface area (Å²) < 4.78 is 0. The van der Waals surface area contributed by atoms with E-state index in [4.69, 9.17) is 11.6 Å². The first-order valence-electron chi connectivity index (χ1n) is 5.21. The van der Waals surface area contributed by atoms with Crippen molar-refractivity contribution in [3.05, 3.63) is 52.0 Å². The summed E-state index contributed by atoms with van der Waals surface area (Å²) in [5.41, 5.74) is 0.953. The van der Waals surface area contributed by atoms with Crippen molar-refractivity contribution in [3.63, 3.8) is 0 Å². The Hall–Kier alpha value is -2.27. The standard InChI is InChI=1S/C12H7ClN4O/c13-8-3-1-2-7(6-8)10-16-11-9(12(18)17-10)14-4-5-15-11/h1-6H,(H,15,16,17,18). The zero-order valence-electron chi connectivity index (χ0n) is 9.09. The summed E-state index contributed by atoms with van der Waals surface area (Å²) in [6.07, 6.45) is 2.97. The van der Waals surface area contributed by atoms with Gasteiger partial charge in [0, 0.05) is 23.0 Å². The summed E-state index contributed by atoms with van der Waals surface area (Å²) in [6, 6.07) is 7.08. The van der Waals surface area contributed by atoms with Gasteiger partial charge in [-0.15, -0.1) is 0 Å². The van der Waals surface area contributed by atoms with E-state index in [1.165, 1.54) is 12.4 Å². The van der Waals surface area contributed by atoms with Crippen LogP contribution in [-0.4, -0.2) is 19.9 Å². The van der Waals surface area contributed by atoms with Crippen molar-refractivity contribution in [1.29, 1.82) is 0 Å². The lowest BCUT2D eigenvalue weighted by Crippen LogP contribution is -2.11. The first-order chi connectivity index (χ1) is 8.74. The van der Waals surface area contributed by atoms with Gasteiger partial charge in [0.05, 0.1) is 0 Å². The molecule has 0 saturated heterocycles. The zero-order valence-corrected chi connectivity index (χ0v) is 9.85. The molecule has 3 aromatic rings. The van der Waals surface area contributed by atoms with Crippen molar-refractivity contribution >= 4 is 22.8 Å². The number of nitrogens with zero attached hydrogens (tertiary/aromatic N) is 3. The highest BCUT2D eigenvalue weighted by Gasteiger charge is 2.07. The lowest BCUT2D eigenvalue weighted by atomic mass is 10.2. The molecule has 1 aromatic carbocycles. The van der Waals surface area contributed by atoms with Gasteiger partial charge >= 0.3 is 5.56 Å². The quantitative estimate of drug-likeness (QED) is 0.725. The molecule has 5 nitrogen and oxygen atoms in total. The van der Waals surface area contributed by atoms with E-state index in [1.54, 1.807) is 18.2 Å². The Bertz CT molecular complexity index is 784. The van der Waals surface area contributed by atoms with Gasteiger partial charge in [0.2, 0.25) is 0 Å². The number of H-pyrrole nitrogens is 1. The van der Waals surface area contributed by atoms with Crippen molar-refractivity contribution in [3.8, 4) is 11.4 Å². The summed E-state index contributed by atoms with van der Waals surface area (Å²) in [5, 5.41) is 0.578. The monoisotopic (exact) mass is 258 g/mol. The van der Waals surface area contributed by atoms with Gasteiger partial charge in [0.1, 0.15) is 5.82 Å². The molecule has 0 fully saturated rings. The molecule has 6 heteroatoms. The Labute approximate surface area is 107 Å². The van der Waals surface area contributed by atoms with E-state index in [1.807, 2.05) is 6.07 Å². The molecule has 0 aliphatic rings. The van der Waals surface area contributed by atoms with E-state index < -0.39 is 5.56 Å². The third-order valence-corrected chi connectivity index (χ3v) is 2.68. The minimum absolute atomic E-state index is 0.225. The molecule has 3 rings (SSSR count). The highest BCUT2D eigenvalue weighted by atomic mass is 35.5. The van der Waals surface area contributed by atoms with Gasteiger partial charge in [-0.05, 0) is 12.1 Å². The molecule has 0 amide bonds. The van der Waals surface area contributed by atoms with Crippen molar-refractivity contribution in [2.75, 3.05) is 0 Å². The van der Waals surface area contributed by atoms with Crippen LogP contribution < -0.4 is 5.56 Å². The summed E-state index contributed by atoms with van der Waals surface area (Å²) >= 11 is 5.91. The van der Waals surface area contributed by atoms with Crippen LogP contribution in [0.3, 0.4) is 0 Å². The van der Waals surface area contributed by atoms with Crippen LogP contribution in [0.1, 0.15) is 0 Å². The Morgan fingerprint density at radius 3 is 2.83 bits per heavy atom. The predicted molar refractivity (Wildman–Crippen MR) is 68.4 cm³/mol. The maximum Gasteiger partial charge on any atom is 0.301 e. The van der Waals surface area contributed by atoms with E-state index in [9.17, 15) is 4.79 Å². The average molecular weight is 259 g/mol. The number of hydrogen-bond acceptors (Lipinski definition) is 4. The minimum atomic E-state index is -0.410. The summed E-state index contributed by atoms with van der Waals surface area (Å²) in [5.74, 6) is 0.426. The van der Waals surface area contributed by atoms with Crippen LogP contribution in [0.2, 0.25) is 5.02 Å². The molecule has 0 aliphatic heterocycles. The van der Waals surface area contributed by atoms with Gasteiger partial charge < -0.3 is 4.98 Å². The Balaban J connectivity index is 2.28. The fraction of sp³-hybridized carbons (Fsp3) is 0. The smallest absolute Gasteiger partial charge is 0.301 e. The fourth-order valence-electron chi connectivity index (χ4n) is 1.65. The molecular formula is C12H7ClN4O. The molecule has 2 aromatic heterocycles. The van der Waals surface area contributed by atoms with Crippen LogP contribution in [0, 0.1) is 0 Å². The van der Waals surface area contributed by atoms with Crippen molar-refractivity contribution in [2.24, 2.45) is 0 Å². The summed E-state index contributed by atoms with van der Waals surface area (Å²) in [6.45, 7) is 0. The van der Waals surface area contributed by atoms with Crippen LogP contribution in [0.25, 0.3) is 22.6 Å². The summed E-state index contributed by atoms with van der Waals surface area (Å²) in [7, 11) is 0. The van der Waals surface area contributed by atoms with E-state index in [2.05, 4.69) is 19.9 Å². The molecule has 0 bridgehead atoms. The van der Waals surface area contributed by atoms with Crippen molar-refractivity contribution < 1.29 is 0 Å². The minimum Gasteiger partial charge on any atom is -0.322 e. The lowest BCUT2D eigenvalue weighted by Gasteiger charge is -2.02. The second-order valence-electron chi connectivity index (χ2n) is 3.65. The second-order valence-corrected chi connectivity index (χ2v) is 4.09. The normalized spacial score (nSPS) is 10.7. The SMILES string of the molecule is O=c1nc(-c2cccc(Cl)c2)[nH]c2nccnc12. The van der Waals surface area contributed by atoms with E-state index in [0.717, 1.165) is 5.56 Å². The Morgan fingerprint density at radius 1 is 1.17 bits per heavy atom. The highest BCUT2D eigenvalue weighted by molar-refractivity contribution is 6.30. The number of nitrogens with one attached hydrogen (secondary N) is 1. The van der Waals surface area contributed by atoms with Gasteiger partial charge in [-0.2, -0.15) is 4.98 Å².